The Labute approximate surface area is 120 Å². The van der Waals surface area contributed by atoms with Crippen molar-refractivity contribution in [3.05, 3.63) is 16.5 Å². The fraction of sp³-hybridized carbons (Fsp3) is 0.667. The molecular weight excluding hydrogens is 256 g/mol. The molecule has 4 heteroatoms. The highest BCUT2D eigenvalue weighted by Gasteiger charge is 2.22. The summed E-state index contributed by atoms with van der Waals surface area (Å²) in [5, 5.41) is 4.35. The molecule has 1 amide bonds. The number of nitrogens with one attached hydrogen (secondary N) is 1. The maximum absolute atomic E-state index is 12.2. The van der Waals surface area contributed by atoms with Crippen molar-refractivity contribution in [2.45, 2.75) is 52.5 Å². The first-order valence-electron chi connectivity index (χ1n) is 7.11. The Kier molecular flexibility index (Phi) is 4.19. The quantitative estimate of drug-likeness (QED) is 0.900. The number of carbonyl (C=O) groups excluding carboxylic acids is 1. The van der Waals surface area contributed by atoms with Gasteiger partial charge < -0.3 is 10.2 Å². The molecule has 1 N–H and O–H groups in total. The van der Waals surface area contributed by atoms with E-state index >= 15 is 0 Å². The number of thiophene rings is 1. The Morgan fingerprint density at radius 1 is 1.42 bits per heavy atom. The van der Waals surface area contributed by atoms with Crippen LogP contribution in [0.2, 0.25) is 0 Å². The van der Waals surface area contributed by atoms with Crippen LogP contribution in [0.3, 0.4) is 0 Å². The van der Waals surface area contributed by atoms with E-state index in [4.69, 9.17) is 0 Å². The molecule has 1 aliphatic heterocycles. The lowest BCUT2D eigenvalue weighted by Crippen LogP contribution is -2.40. The molecule has 1 aliphatic rings. The standard InChI is InChI=1S/C15H24N2OS/c1-5-17-9-7-6-8-11-10-12(19-14(11)17)13(18)16-15(2,3)4/h10H,5-9H2,1-4H3,(H,16,18). The summed E-state index contributed by atoms with van der Waals surface area (Å²) in [6.07, 6.45) is 3.57. The third-order valence-corrected chi connectivity index (χ3v) is 4.53. The van der Waals surface area contributed by atoms with Crippen LogP contribution >= 0.6 is 11.3 Å². The van der Waals surface area contributed by atoms with Crippen molar-refractivity contribution >= 4 is 22.2 Å². The van der Waals surface area contributed by atoms with E-state index in [0.717, 1.165) is 24.4 Å². The second-order valence-corrected chi connectivity index (χ2v) is 7.21. The molecule has 1 aromatic heterocycles. The van der Waals surface area contributed by atoms with Crippen molar-refractivity contribution in [1.82, 2.24) is 5.32 Å². The largest absolute Gasteiger partial charge is 0.363 e. The molecule has 0 aliphatic carbocycles. The van der Waals surface area contributed by atoms with Gasteiger partial charge in [0.25, 0.3) is 5.91 Å². The smallest absolute Gasteiger partial charge is 0.261 e. The maximum Gasteiger partial charge on any atom is 0.261 e. The number of amides is 1. The molecule has 2 heterocycles. The molecule has 1 aromatic rings. The van der Waals surface area contributed by atoms with Gasteiger partial charge in [0.15, 0.2) is 0 Å². The molecule has 0 fully saturated rings. The Bertz CT molecular complexity index is 459. The third-order valence-electron chi connectivity index (χ3n) is 3.29. The van der Waals surface area contributed by atoms with Gasteiger partial charge in [-0.1, -0.05) is 0 Å². The molecule has 0 bridgehead atoms. The van der Waals surface area contributed by atoms with Gasteiger partial charge in [-0.3, -0.25) is 4.79 Å². The van der Waals surface area contributed by atoms with E-state index in [2.05, 4.69) is 23.2 Å². The summed E-state index contributed by atoms with van der Waals surface area (Å²) >= 11 is 1.64. The molecule has 0 aromatic carbocycles. The molecule has 106 valence electrons. The van der Waals surface area contributed by atoms with E-state index in [9.17, 15) is 4.79 Å². The van der Waals surface area contributed by atoms with E-state index in [0.29, 0.717) is 0 Å². The van der Waals surface area contributed by atoms with Crippen LogP contribution in [-0.4, -0.2) is 24.5 Å². The van der Waals surface area contributed by atoms with Gasteiger partial charge in [0.05, 0.1) is 9.88 Å². The topological polar surface area (TPSA) is 32.3 Å². The van der Waals surface area contributed by atoms with Crippen LogP contribution in [0.5, 0.6) is 0 Å². The van der Waals surface area contributed by atoms with Crippen LogP contribution < -0.4 is 10.2 Å². The van der Waals surface area contributed by atoms with Gasteiger partial charge >= 0.3 is 0 Å². The van der Waals surface area contributed by atoms with Crippen molar-refractivity contribution < 1.29 is 4.79 Å². The van der Waals surface area contributed by atoms with E-state index in [1.165, 1.54) is 23.4 Å². The molecule has 2 rings (SSSR count). The maximum atomic E-state index is 12.2. The zero-order chi connectivity index (χ0) is 14.0. The lowest BCUT2D eigenvalue weighted by atomic mass is 10.1. The van der Waals surface area contributed by atoms with Crippen molar-refractivity contribution in [1.29, 1.82) is 0 Å². The number of fused-ring (bicyclic) bond motifs is 1. The van der Waals surface area contributed by atoms with Gasteiger partial charge in [-0.05, 0) is 58.6 Å². The van der Waals surface area contributed by atoms with Gasteiger partial charge in [0.1, 0.15) is 0 Å². The summed E-state index contributed by atoms with van der Waals surface area (Å²) in [5.41, 5.74) is 1.17. The second-order valence-electron chi connectivity index (χ2n) is 6.18. The summed E-state index contributed by atoms with van der Waals surface area (Å²) in [6, 6.07) is 2.09. The van der Waals surface area contributed by atoms with E-state index in [1.807, 2.05) is 20.8 Å². The molecule has 3 nitrogen and oxygen atoms in total. The highest BCUT2D eigenvalue weighted by molar-refractivity contribution is 7.18. The number of carbonyl (C=O) groups is 1. The third kappa shape index (κ3) is 3.50. The first-order valence-corrected chi connectivity index (χ1v) is 7.92. The van der Waals surface area contributed by atoms with E-state index in [1.54, 1.807) is 11.3 Å². The zero-order valence-corrected chi connectivity index (χ0v) is 13.2. The first kappa shape index (κ1) is 14.4. The molecule has 0 saturated heterocycles. The number of anilines is 1. The predicted octanol–water partition coefficient (Wildman–Crippen LogP) is 3.44. The minimum atomic E-state index is -0.178. The summed E-state index contributed by atoms with van der Waals surface area (Å²) in [7, 11) is 0. The Morgan fingerprint density at radius 3 is 2.79 bits per heavy atom. The Hall–Kier alpha value is -1.03. The number of hydrogen-bond acceptors (Lipinski definition) is 3. The molecule has 0 atom stereocenters. The van der Waals surface area contributed by atoms with Crippen LogP contribution in [0.4, 0.5) is 5.00 Å². The van der Waals surface area contributed by atoms with Crippen molar-refractivity contribution in [3.63, 3.8) is 0 Å². The minimum absolute atomic E-state index is 0.0571. The molecule has 19 heavy (non-hydrogen) atoms. The van der Waals surface area contributed by atoms with Crippen LogP contribution in [0.1, 0.15) is 55.8 Å². The number of rotatable bonds is 2. The van der Waals surface area contributed by atoms with Crippen molar-refractivity contribution in [2.75, 3.05) is 18.0 Å². The molecule has 0 spiro atoms. The Balaban J connectivity index is 2.23. The van der Waals surface area contributed by atoms with Crippen molar-refractivity contribution in [3.8, 4) is 0 Å². The monoisotopic (exact) mass is 280 g/mol. The summed E-state index contributed by atoms with van der Waals surface area (Å²) in [5.74, 6) is 0.0571. The molecular formula is C15H24N2OS. The first-order chi connectivity index (χ1) is 8.90. The lowest BCUT2D eigenvalue weighted by molar-refractivity contribution is 0.0923. The van der Waals surface area contributed by atoms with Crippen LogP contribution in [-0.2, 0) is 6.42 Å². The van der Waals surface area contributed by atoms with Gasteiger partial charge in [0, 0.05) is 18.6 Å². The number of hydrogen-bond donors (Lipinski definition) is 1. The summed E-state index contributed by atoms with van der Waals surface area (Å²) in [4.78, 5) is 15.5. The number of nitrogens with zero attached hydrogens (tertiary/aromatic N) is 1. The van der Waals surface area contributed by atoms with Gasteiger partial charge in [-0.2, -0.15) is 0 Å². The highest BCUT2D eigenvalue weighted by atomic mass is 32.1. The molecule has 0 saturated carbocycles. The minimum Gasteiger partial charge on any atom is -0.363 e. The summed E-state index contributed by atoms with van der Waals surface area (Å²) < 4.78 is 0. The van der Waals surface area contributed by atoms with E-state index < -0.39 is 0 Å². The van der Waals surface area contributed by atoms with Crippen molar-refractivity contribution in [2.24, 2.45) is 0 Å². The Morgan fingerprint density at radius 2 is 2.16 bits per heavy atom. The fourth-order valence-electron chi connectivity index (χ4n) is 2.40. The molecule has 0 unspecified atom stereocenters. The van der Waals surface area contributed by atoms with Gasteiger partial charge in [-0.15, -0.1) is 11.3 Å². The van der Waals surface area contributed by atoms with Gasteiger partial charge in [-0.25, -0.2) is 0 Å². The SMILES string of the molecule is CCN1CCCCc2cc(C(=O)NC(C)(C)C)sc21. The summed E-state index contributed by atoms with van der Waals surface area (Å²) in [6.45, 7) is 10.4. The number of aryl methyl sites for hydroxylation is 1. The normalized spacial score (nSPS) is 15.9. The van der Waals surface area contributed by atoms with Crippen LogP contribution in [0, 0.1) is 0 Å². The average Bonchev–Trinajstić information content (AvgIpc) is 2.63. The average molecular weight is 280 g/mol. The second kappa shape index (κ2) is 5.53. The zero-order valence-electron chi connectivity index (χ0n) is 12.4. The predicted molar refractivity (Wildman–Crippen MR) is 82.4 cm³/mol. The van der Waals surface area contributed by atoms with Crippen LogP contribution in [0.15, 0.2) is 6.07 Å². The van der Waals surface area contributed by atoms with Gasteiger partial charge in [0.2, 0.25) is 0 Å². The van der Waals surface area contributed by atoms with Crippen LogP contribution in [0.25, 0.3) is 0 Å². The lowest BCUT2D eigenvalue weighted by Gasteiger charge is -2.21. The molecule has 0 radical (unpaired) electrons. The highest BCUT2D eigenvalue weighted by Crippen LogP contribution is 2.35. The fourth-order valence-corrected chi connectivity index (χ4v) is 3.60. The van der Waals surface area contributed by atoms with E-state index in [-0.39, 0.29) is 11.4 Å².